The Hall–Kier alpha value is -4.19. The van der Waals surface area contributed by atoms with Crippen molar-refractivity contribution >= 4 is 36.7 Å². The van der Waals surface area contributed by atoms with E-state index in [1.165, 1.54) is 11.8 Å². The first kappa shape index (κ1) is 35.1. The highest BCUT2D eigenvalue weighted by atomic mass is 28.3. The number of anilines is 1. The van der Waals surface area contributed by atoms with Crippen LogP contribution in [0, 0.1) is 5.92 Å². The number of aliphatic hydroxyl groups is 1. The third-order valence-corrected chi connectivity index (χ3v) is 14.0. The van der Waals surface area contributed by atoms with Gasteiger partial charge in [0.2, 0.25) is 11.8 Å². The second-order valence-corrected chi connectivity index (χ2v) is 17.9. The summed E-state index contributed by atoms with van der Waals surface area (Å²) >= 11 is 0. The van der Waals surface area contributed by atoms with Crippen LogP contribution in [-0.2, 0) is 30.4 Å². The van der Waals surface area contributed by atoms with E-state index in [-0.39, 0.29) is 55.4 Å². The number of amides is 2. The van der Waals surface area contributed by atoms with Crippen LogP contribution in [0.5, 0.6) is 11.5 Å². The molecule has 48 heavy (non-hydrogen) atoms. The largest absolute Gasteiger partial charge is 0.497 e. The summed E-state index contributed by atoms with van der Waals surface area (Å²) in [6, 6.07) is 23.4. The van der Waals surface area contributed by atoms with Gasteiger partial charge < -0.3 is 29.0 Å². The smallest absolute Gasteiger partial charge is 0.304 e. The fourth-order valence-electron chi connectivity index (χ4n) is 7.05. The molecule has 2 aliphatic rings. The number of β-lactam (4-membered cyclic amide) rings is 1. The summed E-state index contributed by atoms with van der Waals surface area (Å²) in [6.07, 6.45) is -1.05. The average molecular weight is 675 g/mol. The quantitative estimate of drug-likeness (QED) is 0.156. The van der Waals surface area contributed by atoms with Crippen LogP contribution in [0.4, 0.5) is 5.69 Å². The van der Waals surface area contributed by atoms with E-state index in [0.29, 0.717) is 18.0 Å². The molecule has 256 valence electrons. The second-order valence-electron chi connectivity index (χ2n) is 13.1. The van der Waals surface area contributed by atoms with Gasteiger partial charge in [-0.3, -0.25) is 19.3 Å². The van der Waals surface area contributed by atoms with E-state index >= 15 is 0 Å². The summed E-state index contributed by atoms with van der Waals surface area (Å²) in [7, 11) is 0.830. The van der Waals surface area contributed by atoms with Gasteiger partial charge >= 0.3 is 5.97 Å². The van der Waals surface area contributed by atoms with E-state index in [2.05, 4.69) is 32.2 Å². The van der Waals surface area contributed by atoms with E-state index in [1.54, 1.807) is 25.2 Å². The van der Waals surface area contributed by atoms with E-state index in [9.17, 15) is 19.5 Å². The molecule has 2 aliphatic heterocycles. The zero-order valence-electron chi connectivity index (χ0n) is 28.5. The van der Waals surface area contributed by atoms with Gasteiger partial charge in [0.05, 0.1) is 34.3 Å². The Kier molecular flexibility index (Phi) is 10.9. The number of methoxy groups -OCH3 is 2. The number of rotatable bonds is 13. The van der Waals surface area contributed by atoms with Crippen molar-refractivity contribution in [2.24, 2.45) is 5.92 Å². The number of hydrogen-bond acceptors (Lipinski definition) is 8. The molecule has 0 aromatic heterocycles. The van der Waals surface area contributed by atoms with Gasteiger partial charge in [-0.15, -0.1) is 0 Å². The summed E-state index contributed by atoms with van der Waals surface area (Å²) < 4.78 is 23.8. The molecule has 2 heterocycles. The first-order valence-electron chi connectivity index (χ1n) is 16.4. The Morgan fingerprint density at radius 3 is 2.38 bits per heavy atom. The van der Waals surface area contributed by atoms with Crippen molar-refractivity contribution < 1.29 is 38.4 Å². The van der Waals surface area contributed by atoms with Gasteiger partial charge in [-0.2, -0.15) is 0 Å². The number of carbonyl (C=O) groups is 3. The minimum absolute atomic E-state index is 0.0503. The molecule has 0 spiro atoms. The van der Waals surface area contributed by atoms with Crippen molar-refractivity contribution in [3.8, 4) is 11.5 Å². The summed E-state index contributed by atoms with van der Waals surface area (Å²) in [5.74, 6) is 0.584. The van der Waals surface area contributed by atoms with E-state index in [1.807, 2.05) is 54.6 Å². The van der Waals surface area contributed by atoms with Gasteiger partial charge in [-0.05, 0) is 35.9 Å². The lowest BCUT2D eigenvalue weighted by Gasteiger charge is -2.46. The van der Waals surface area contributed by atoms with Crippen molar-refractivity contribution in [1.82, 2.24) is 4.90 Å². The molecule has 1 saturated heterocycles. The normalized spacial score (nSPS) is 21.0. The molecule has 0 aliphatic carbocycles. The van der Waals surface area contributed by atoms with Crippen molar-refractivity contribution in [2.75, 3.05) is 32.3 Å². The van der Waals surface area contributed by atoms with Gasteiger partial charge in [-0.1, -0.05) is 67.7 Å². The number of benzene rings is 3. The van der Waals surface area contributed by atoms with Gasteiger partial charge in [0.1, 0.15) is 17.6 Å². The zero-order valence-corrected chi connectivity index (χ0v) is 29.5. The Bertz CT molecular complexity index is 1600. The van der Waals surface area contributed by atoms with Gasteiger partial charge in [0, 0.05) is 56.3 Å². The van der Waals surface area contributed by atoms with E-state index < -0.39 is 26.4 Å². The van der Waals surface area contributed by atoms with Gasteiger partial charge in [0.25, 0.3) is 0 Å². The summed E-state index contributed by atoms with van der Waals surface area (Å²) in [5.41, 5.74) is 2.21. The summed E-state index contributed by atoms with van der Waals surface area (Å²) in [6.45, 7) is 8.42. The maximum absolute atomic E-state index is 14.2. The topological polar surface area (TPSA) is 115 Å². The third kappa shape index (κ3) is 7.28. The Labute approximate surface area is 283 Å². The molecular formula is C37H46N2O8Si. The van der Waals surface area contributed by atoms with Crippen LogP contribution < -0.4 is 19.6 Å². The molecular weight excluding hydrogens is 628 g/mol. The highest BCUT2D eigenvalue weighted by molar-refractivity contribution is 6.91. The van der Waals surface area contributed by atoms with Crippen LogP contribution in [0.1, 0.15) is 43.9 Å². The monoisotopic (exact) mass is 674 g/mol. The van der Waals surface area contributed by atoms with Gasteiger partial charge in [-0.25, -0.2) is 0 Å². The molecule has 1 fully saturated rings. The van der Waals surface area contributed by atoms with Crippen molar-refractivity contribution in [2.45, 2.75) is 70.3 Å². The van der Waals surface area contributed by atoms with E-state index in [0.717, 1.165) is 22.1 Å². The van der Waals surface area contributed by atoms with Crippen LogP contribution in [0.15, 0.2) is 72.8 Å². The highest BCUT2D eigenvalue weighted by Gasteiger charge is 2.49. The zero-order chi connectivity index (χ0) is 34.6. The maximum atomic E-state index is 14.2. The average Bonchev–Trinajstić information content (AvgIpc) is 3.06. The minimum atomic E-state index is -2.47. The lowest BCUT2D eigenvalue weighted by molar-refractivity contribution is -0.153. The first-order chi connectivity index (χ1) is 23.0. The number of nitrogens with zero attached hydrogens (tertiary/aromatic N) is 2. The lowest BCUT2D eigenvalue weighted by Crippen LogP contribution is -2.56. The molecule has 3 aromatic carbocycles. The van der Waals surface area contributed by atoms with Crippen molar-refractivity contribution in [3.05, 3.63) is 83.9 Å². The maximum Gasteiger partial charge on any atom is 0.304 e. The van der Waals surface area contributed by atoms with Crippen molar-refractivity contribution in [3.63, 3.8) is 0 Å². The molecule has 0 saturated carbocycles. The number of ether oxygens (including phenoxy) is 4. The molecule has 0 bridgehead atoms. The fraction of sp³-hybridized carbons (Fsp3) is 0.432. The Morgan fingerprint density at radius 1 is 1.06 bits per heavy atom. The van der Waals surface area contributed by atoms with Crippen molar-refractivity contribution in [1.29, 1.82) is 0 Å². The van der Waals surface area contributed by atoms with Crippen LogP contribution in [0.25, 0.3) is 0 Å². The van der Waals surface area contributed by atoms with Crippen LogP contribution in [0.3, 0.4) is 0 Å². The fourth-order valence-corrected chi connectivity index (χ4v) is 10.4. The molecule has 2 amide bonds. The van der Waals surface area contributed by atoms with Crippen LogP contribution in [0.2, 0.25) is 18.6 Å². The summed E-state index contributed by atoms with van der Waals surface area (Å²) in [4.78, 5) is 41.6. The first-order valence-corrected chi connectivity index (χ1v) is 19.5. The van der Waals surface area contributed by atoms with Gasteiger partial charge in [0.15, 0.2) is 6.23 Å². The minimum Gasteiger partial charge on any atom is -0.497 e. The van der Waals surface area contributed by atoms with E-state index in [4.69, 9.17) is 18.9 Å². The molecule has 11 heteroatoms. The SMILES string of the molecule is COc1ccc([Si](C)(C)C(CC(=O)N(CCO)Cc2ccccc2)[C@@H]2Oc3ccc(N4C(=O)CC4OC(C)=O)cc3[C@H](OC)[C@H]2C)cc1. The molecule has 10 nitrogen and oxygen atoms in total. The highest BCUT2D eigenvalue weighted by Crippen LogP contribution is 2.48. The second kappa shape index (κ2) is 14.9. The standard InChI is InChI=1S/C37H46N2O8Si/c1-24-36(45-4)30-20-27(39-34(43)22-35(39)46-25(2)41)12-17-31(30)47-37(24)32(48(5,6)29-15-13-28(44-3)14-16-29)21-33(42)38(18-19-40)23-26-10-8-7-9-11-26/h7-17,20,24,32,35-37,40H,18-19,21-23H2,1-6H3/t24-,32?,35?,36-,37-/m1/s1. The molecule has 0 radical (unpaired) electrons. The third-order valence-electron chi connectivity index (χ3n) is 9.79. The predicted octanol–water partition coefficient (Wildman–Crippen LogP) is 4.80. The lowest BCUT2D eigenvalue weighted by atomic mass is 9.86. The predicted molar refractivity (Wildman–Crippen MR) is 185 cm³/mol. The number of aliphatic hydroxyl groups excluding tert-OH is 1. The number of hydrogen-bond donors (Lipinski definition) is 1. The number of fused-ring (bicyclic) bond motifs is 1. The van der Waals surface area contributed by atoms with Crippen LogP contribution in [-0.4, -0.2) is 75.6 Å². The molecule has 5 rings (SSSR count). The molecule has 1 N–H and O–H groups in total. The molecule has 3 aromatic rings. The Morgan fingerprint density at radius 2 is 1.77 bits per heavy atom. The summed E-state index contributed by atoms with van der Waals surface area (Å²) in [5, 5.41) is 11.1. The number of esters is 1. The number of carbonyl (C=O) groups excluding carboxylic acids is 3. The van der Waals surface area contributed by atoms with Crippen LogP contribution >= 0.6 is 0 Å². The Balaban J connectivity index is 1.50. The molecule has 2 unspecified atom stereocenters. The molecule has 5 atom stereocenters.